The van der Waals surface area contributed by atoms with Gasteiger partial charge in [-0.2, -0.15) is 0 Å². The third-order valence-corrected chi connectivity index (χ3v) is 4.85. The first kappa shape index (κ1) is 25.0. The van der Waals surface area contributed by atoms with E-state index in [9.17, 15) is 8.42 Å². The topological polar surface area (TPSA) is 115 Å². The highest BCUT2D eigenvalue weighted by Gasteiger charge is 2.07. The number of ether oxygens (including phenoxy) is 2. The standard InChI is InChI=1S/C19H26N4O4S.HI/c1-4-21-19(22-12-14-5-8-16(9-6-14)28(20,24)25)23-13-15-7-10-17(26-2)18(11-15)27-3;/h5-11H,4,12-13H2,1-3H3,(H2,20,24,25)(H2,21,22,23);1H. The van der Waals surface area contributed by atoms with Crippen molar-refractivity contribution in [2.75, 3.05) is 20.8 Å². The maximum Gasteiger partial charge on any atom is 0.238 e. The molecule has 2 aromatic carbocycles. The Morgan fingerprint density at radius 3 is 2.17 bits per heavy atom. The van der Waals surface area contributed by atoms with Gasteiger partial charge in [0, 0.05) is 13.1 Å². The van der Waals surface area contributed by atoms with Crippen molar-refractivity contribution >= 4 is 40.0 Å². The molecule has 0 aromatic heterocycles. The first-order chi connectivity index (χ1) is 13.4. The van der Waals surface area contributed by atoms with Crippen molar-refractivity contribution < 1.29 is 17.9 Å². The zero-order valence-electron chi connectivity index (χ0n) is 16.6. The van der Waals surface area contributed by atoms with Gasteiger partial charge in [-0.1, -0.05) is 18.2 Å². The van der Waals surface area contributed by atoms with Crippen molar-refractivity contribution in [3.63, 3.8) is 0 Å². The molecule has 2 aromatic rings. The molecule has 0 aliphatic rings. The number of rotatable bonds is 8. The Morgan fingerprint density at radius 2 is 1.62 bits per heavy atom. The summed E-state index contributed by atoms with van der Waals surface area (Å²) in [6.45, 7) is 3.64. The van der Waals surface area contributed by atoms with Crippen LogP contribution in [0.4, 0.5) is 0 Å². The lowest BCUT2D eigenvalue weighted by Crippen LogP contribution is -2.36. The summed E-state index contributed by atoms with van der Waals surface area (Å²) in [7, 11) is -0.495. The molecule has 0 amide bonds. The van der Waals surface area contributed by atoms with E-state index in [4.69, 9.17) is 14.6 Å². The molecule has 0 saturated carbocycles. The smallest absolute Gasteiger partial charge is 0.238 e. The molecule has 29 heavy (non-hydrogen) atoms. The van der Waals surface area contributed by atoms with E-state index in [0.717, 1.165) is 11.1 Å². The summed E-state index contributed by atoms with van der Waals surface area (Å²) in [4.78, 5) is 4.66. The summed E-state index contributed by atoms with van der Waals surface area (Å²) < 4.78 is 33.2. The van der Waals surface area contributed by atoms with E-state index < -0.39 is 10.0 Å². The highest BCUT2D eigenvalue weighted by atomic mass is 127. The average molecular weight is 534 g/mol. The Kier molecular flexibility index (Phi) is 10.2. The molecule has 0 unspecified atom stereocenters. The zero-order chi connectivity index (χ0) is 20.6. The number of methoxy groups -OCH3 is 2. The van der Waals surface area contributed by atoms with Gasteiger partial charge in [0.15, 0.2) is 17.5 Å². The number of halogens is 1. The average Bonchev–Trinajstić information content (AvgIpc) is 2.69. The van der Waals surface area contributed by atoms with Gasteiger partial charge in [-0.25, -0.2) is 18.5 Å². The molecule has 0 aliphatic heterocycles. The van der Waals surface area contributed by atoms with Gasteiger partial charge in [0.2, 0.25) is 10.0 Å². The summed E-state index contributed by atoms with van der Waals surface area (Å²) in [5, 5.41) is 11.5. The predicted molar refractivity (Wildman–Crippen MR) is 124 cm³/mol. The van der Waals surface area contributed by atoms with Gasteiger partial charge in [-0.05, 0) is 42.3 Å². The molecule has 0 spiro atoms. The number of primary sulfonamides is 1. The van der Waals surface area contributed by atoms with Crippen LogP contribution in [-0.4, -0.2) is 35.1 Å². The Hall–Kier alpha value is -2.05. The quantitative estimate of drug-likeness (QED) is 0.272. The van der Waals surface area contributed by atoms with Crippen molar-refractivity contribution in [2.45, 2.75) is 24.9 Å². The third kappa shape index (κ3) is 7.71. The molecule has 2 rings (SSSR count). The van der Waals surface area contributed by atoms with Gasteiger partial charge in [0.25, 0.3) is 0 Å². The fourth-order valence-corrected chi connectivity index (χ4v) is 2.99. The normalized spacial score (nSPS) is 11.4. The number of sulfonamides is 1. The molecule has 0 fully saturated rings. The lowest BCUT2D eigenvalue weighted by atomic mass is 10.2. The summed E-state index contributed by atoms with van der Waals surface area (Å²) in [5.41, 5.74) is 1.89. The zero-order valence-corrected chi connectivity index (χ0v) is 19.8. The van der Waals surface area contributed by atoms with Crippen LogP contribution in [0.5, 0.6) is 11.5 Å². The van der Waals surface area contributed by atoms with E-state index in [1.54, 1.807) is 26.4 Å². The van der Waals surface area contributed by atoms with Crippen LogP contribution in [0.25, 0.3) is 0 Å². The van der Waals surface area contributed by atoms with Crippen LogP contribution in [0.1, 0.15) is 18.1 Å². The summed E-state index contributed by atoms with van der Waals surface area (Å²) in [5.74, 6) is 1.97. The van der Waals surface area contributed by atoms with E-state index in [0.29, 0.717) is 37.1 Å². The lowest BCUT2D eigenvalue weighted by Gasteiger charge is -2.12. The van der Waals surface area contributed by atoms with E-state index in [1.807, 2.05) is 25.1 Å². The molecule has 0 bridgehead atoms. The lowest BCUT2D eigenvalue weighted by molar-refractivity contribution is 0.354. The number of hydrogen-bond acceptors (Lipinski definition) is 5. The van der Waals surface area contributed by atoms with Crippen LogP contribution < -0.4 is 25.2 Å². The predicted octanol–water partition coefficient (Wildman–Crippen LogP) is 2.22. The number of benzene rings is 2. The molecule has 0 aliphatic carbocycles. The maximum atomic E-state index is 11.3. The van der Waals surface area contributed by atoms with Crippen LogP contribution in [-0.2, 0) is 23.1 Å². The Balaban J connectivity index is 0.00000420. The third-order valence-electron chi connectivity index (χ3n) is 3.92. The molecule has 160 valence electrons. The van der Waals surface area contributed by atoms with Crippen LogP contribution in [0, 0.1) is 0 Å². The van der Waals surface area contributed by atoms with Gasteiger partial charge in [-0.15, -0.1) is 24.0 Å². The molecule has 10 heteroatoms. The molecule has 0 saturated heterocycles. The van der Waals surface area contributed by atoms with E-state index >= 15 is 0 Å². The number of guanidine groups is 1. The molecule has 0 heterocycles. The van der Waals surface area contributed by atoms with Gasteiger partial charge < -0.3 is 20.1 Å². The first-order valence-corrected chi connectivity index (χ1v) is 10.3. The van der Waals surface area contributed by atoms with Crippen LogP contribution >= 0.6 is 24.0 Å². The van der Waals surface area contributed by atoms with E-state index in [-0.39, 0.29) is 28.9 Å². The van der Waals surface area contributed by atoms with E-state index in [1.165, 1.54) is 12.1 Å². The van der Waals surface area contributed by atoms with Crippen LogP contribution in [0.2, 0.25) is 0 Å². The van der Waals surface area contributed by atoms with Crippen molar-refractivity contribution in [1.82, 2.24) is 10.6 Å². The highest BCUT2D eigenvalue weighted by Crippen LogP contribution is 2.27. The molecule has 4 N–H and O–H groups in total. The van der Waals surface area contributed by atoms with Crippen molar-refractivity contribution in [3.05, 3.63) is 53.6 Å². The number of hydrogen-bond donors (Lipinski definition) is 3. The van der Waals surface area contributed by atoms with Gasteiger partial charge in [0.05, 0.1) is 25.7 Å². The molecular weight excluding hydrogens is 507 g/mol. The van der Waals surface area contributed by atoms with Crippen molar-refractivity contribution in [1.29, 1.82) is 0 Å². The number of nitrogens with one attached hydrogen (secondary N) is 2. The summed E-state index contributed by atoms with van der Waals surface area (Å²) >= 11 is 0. The fourth-order valence-electron chi connectivity index (χ4n) is 2.47. The second kappa shape index (κ2) is 11.8. The SMILES string of the molecule is CCNC(=NCc1ccc(OC)c(OC)c1)NCc1ccc(S(N)(=O)=O)cc1.I. The number of aliphatic imine (C=N–C) groups is 1. The molecule has 0 radical (unpaired) electrons. The van der Waals surface area contributed by atoms with Crippen LogP contribution in [0.15, 0.2) is 52.4 Å². The summed E-state index contributed by atoms with van der Waals surface area (Å²) in [6, 6.07) is 12.1. The van der Waals surface area contributed by atoms with Crippen molar-refractivity contribution in [2.24, 2.45) is 10.1 Å². The Labute approximate surface area is 189 Å². The Morgan fingerprint density at radius 1 is 1.00 bits per heavy atom. The minimum absolute atomic E-state index is 0. The molecular formula is C19H27IN4O4S. The number of nitrogens with two attached hydrogens (primary N) is 1. The number of nitrogens with zero attached hydrogens (tertiary/aromatic N) is 1. The van der Waals surface area contributed by atoms with E-state index in [2.05, 4.69) is 15.6 Å². The Bertz CT molecular complexity index is 918. The maximum absolute atomic E-state index is 11.3. The minimum Gasteiger partial charge on any atom is -0.493 e. The first-order valence-electron chi connectivity index (χ1n) is 8.72. The monoisotopic (exact) mass is 534 g/mol. The summed E-state index contributed by atoms with van der Waals surface area (Å²) in [6.07, 6.45) is 0. The fraction of sp³-hybridized carbons (Fsp3) is 0.316. The molecule has 0 atom stereocenters. The van der Waals surface area contributed by atoms with Gasteiger partial charge in [0.1, 0.15) is 0 Å². The van der Waals surface area contributed by atoms with Gasteiger partial charge >= 0.3 is 0 Å². The molecule has 8 nitrogen and oxygen atoms in total. The largest absolute Gasteiger partial charge is 0.493 e. The second-order valence-electron chi connectivity index (χ2n) is 5.93. The van der Waals surface area contributed by atoms with Crippen molar-refractivity contribution in [3.8, 4) is 11.5 Å². The minimum atomic E-state index is -3.69. The second-order valence-corrected chi connectivity index (χ2v) is 7.49. The highest BCUT2D eigenvalue weighted by molar-refractivity contribution is 14.0. The van der Waals surface area contributed by atoms with Crippen LogP contribution in [0.3, 0.4) is 0 Å². The van der Waals surface area contributed by atoms with Gasteiger partial charge in [-0.3, -0.25) is 0 Å².